The third-order valence-corrected chi connectivity index (χ3v) is 2.86. The van der Waals surface area contributed by atoms with Crippen molar-refractivity contribution in [2.24, 2.45) is 0 Å². The number of urea groups is 1. The van der Waals surface area contributed by atoms with Crippen molar-refractivity contribution in [3.8, 4) is 0 Å². The minimum atomic E-state index is -1.01. The summed E-state index contributed by atoms with van der Waals surface area (Å²) in [5.74, 6) is -1.01. The van der Waals surface area contributed by atoms with Crippen molar-refractivity contribution >= 4 is 23.3 Å². The summed E-state index contributed by atoms with van der Waals surface area (Å²) in [7, 11) is 3.13. The Hall–Kier alpha value is -1.56. The molecular formula is C10H14N2O3S. The Morgan fingerprint density at radius 3 is 2.56 bits per heavy atom. The van der Waals surface area contributed by atoms with Gasteiger partial charge in [0.05, 0.1) is 6.54 Å². The van der Waals surface area contributed by atoms with Crippen molar-refractivity contribution in [2.45, 2.75) is 6.54 Å². The molecule has 0 unspecified atom stereocenters. The predicted octanol–water partition coefficient (Wildman–Crippen LogP) is 1.32. The van der Waals surface area contributed by atoms with Gasteiger partial charge in [-0.1, -0.05) is 6.07 Å². The maximum Gasteiger partial charge on any atom is 0.323 e. The Labute approximate surface area is 97.9 Å². The molecule has 6 heteroatoms. The summed E-state index contributed by atoms with van der Waals surface area (Å²) in [5.41, 5.74) is 0. The molecule has 1 heterocycles. The molecule has 1 N–H and O–H groups in total. The highest BCUT2D eigenvalue weighted by molar-refractivity contribution is 7.09. The van der Waals surface area contributed by atoms with Crippen LogP contribution in [0.1, 0.15) is 4.88 Å². The van der Waals surface area contributed by atoms with Gasteiger partial charge in [0.2, 0.25) is 0 Å². The van der Waals surface area contributed by atoms with Crippen LogP contribution in [0.3, 0.4) is 0 Å². The number of aliphatic carboxylic acids is 1. The third kappa shape index (κ3) is 3.54. The van der Waals surface area contributed by atoms with Crippen LogP contribution < -0.4 is 0 Å². The molecule has 0 atom stereocenters. The zero-order valence-corrected chi connectivity index (χ0v) is 10.0. The lowest BCUT2D eigenvalue weighted by Crippen LogP contribution is -2.40. The van der Waals surface area contributed by atoms with Crippen LogP contribution in [0.5, 0.6) is 0 Å². The van der Waals surface area contributed by atoms with E-state index in [1.165, 1.54) is 16.8 Å². The number of nitrogens with zero attached hydrogens (tertiary/aromatic N) is 2. The molecule has 1 aromatic heterocycles. The van der Waals surface area contributed by atoms with Crippen LogP contribution >= 0.6 is 11.3 Å². The van der Waals surface area contributed by atoms with Crippen molar-refractivity contribution in [1.82, 2.24) is 9.80 Å². The molecule has 0 saturated carbocycles. The zero-order chi connectivity index (χ0) is 12.1. The molecule has 0 fully saturated rings. The third-order valence-electron chi connectivity index (χ3n) is 2.00. The topological polar surface area (TPSA) is 60.9 Å². The van der Waals surface area contributed by atoms with Crippen LogP contribution in [-0.4, -0.2) is 47.5 Å². The number of hydrogen-bond donors (Lipinski definition) is 1. The summed E-state index contributed by atoms with van der Waals surface area (Å²) in [5, 5.41) is 10.5. The number of amides is 2. The summed E-state index contributed by atoms with van der Waals surface area (Å²) in [6.45, 7) is 0.216. The van der Waals surface area contributed by atoms with Gasteiger partial charge in [0.1, 0.15) is 6.54 Å². The maximum absolute atomic E-state index is 11.7. The molecule has 16 heavy (non-hydrogen) atoms. The van der Waals surface area contributed by atoms with Crippen LogP contribution in [0, 0.1) is 0 Å². The first-order valence-electron chi connectivity index (χ1n) is 4.71. The number of carbonyl (C=O) groups is 2. The number of carbonyl (C=O) groups excluding carboxylic acids is 1. The van der Waals surface area contributed by atoms with Crippen molar-refractivity contribution < 1.29 is 14.7 Å². The Morgan fingerprint density at radius 1 is 1.38 bits per heavy atom. The quantitative estimate of drug-likeness (QED) is 0.866. The van der Waals surface area contributed by atoms with E-state index in [0.29, 0.717) is 6.54 Å². The fourth-order valence-corrected chi connectivity index (χ4v) is 2.02. The summed E-state index contributed by atoms with van der Waals surface area (Å²) in [4.78, 5) is 25.9. The monoisotopic (exact) mass is 242 g/mol. The first-order chi connectivity index (χ1) is 7.50. The Balaban J connectivity index is 2.50. The predicted molar refractivity (Wildman–Crippen MR) is 61.4 cm³/mol. The lowest BCUT2D eigenvalue weighted by molar-refractivity contribution is -0.137. The van der Waals surface area contributed by atoms with Crippen LogP contribution in [-0.2, 0) is 11.3 Å². The Kier molecular flexibility index (Phi) is 4.30. The second-order valence-corrected chi connectivity index (χ2v) is 4.50. The van der Waals surface area contributed by atoms with E-state index in [0.717, 1.165) is 4.88 Å². The van der Waals surface area contributed by atoms with Gasteiger partial charge in [-0.2, -0.15) is 0 Å². The minimum absolute atomic E-state index is 0.284. The molecule has 88 valence electrons. The van der Waals surface area contributed by atoms with Crippen LogP contribution in [0.25, 0.3) is 0 Å². The van der Waals surface area contributed by atoms with E-state index in [1.54, 1.807) is 18.4 Å². The van der Waals surface area contributed by atoms with Crippen LogP contribution in [0.2, 0.25) is 0 Å². The van der Waals surface area contributed by atoms with E-state index in [4.69, 9.17) is 5.11 Å². The molecule has 0 aliphatic carbocycles. The van der Waals surface area contributed by atoms with Gasteiger partial charge >= 0.3 is 12.0 Å². The summed E-state index contributed by atoms with van der Waals surface area (Å²) in [6.07, 6.45) is 0. The lowest BCUT2D eigenvalue weighted by Gasteiger charge is -2.23. The number of likely N-dealkylation sites (N-methyl/N-ethyl adjacent to an activating group) is 1. The lowest BCUT2D eigenvalue weighted by atomic mass is 10.4. The normalized spacial score (nSPS) is 9.88. The second kappa shape index (κ2) is 5.50. The van der Waals surface area contributed by atoms with Crippen molar-refractivity contribution in [3.63, 3.8) is 0 Å². The van der Waals surface area contributed by atoms with E-state index in [9.17, 15) is 9.59 Å². The second-order valence-electron chi connectivity index (χ2n) is 3.47. The van der Waals surface area contributed by atoms with Gasteiger partial charge < -0.3 is 14.9 Å². The number of hydrogen-bond acceptors (Lipinski definition) is 3. The molecular weight excluding hydrogens is 228 g/mol. The van der Waals surface area contributed by atoms with Gasteiger partial charge in [-0.3, -0.25) is 4.79 Å². The Bertz CT molecular complexity index is 364. The smallest absolute Gasteiger partial charge is 0.323 e. The van der Waals surface area contributed by atoms with Crippen molar-refractivity contribution in [1.29, 1.82) is 0 Å². The highest BCUT2D eigenvalue weighted by atomic mass is 32.1. The minimum Gasteiger partial charge on any atom is -0.480 e. The fraction of sp³-hybridized carbons (Fsp3) is 0.400. The van der Waals surface area contributed by atoms with Gasteiger partial charge in [-0.05, 0) is 11.4 Å². The Morgan fingerprint density at radius 2 is 2.06 bits per heavy atom. The summed E-state index contributed by atoms with van der Waals surface area (Å²) >= 11 is 1.57. The first-order valence-corrected chi connectivity index (χ1v) is 5.59. The van der Waals surface area contributed by atoms with E-state index in [-0.39, 0.29) is 12.6 Å². The van der Waals surface area contributed by atoms with Crippen LogP contribution in [0.15, 0.2) is 17.5 Å². The molecule has 1 aromatic rings. The molecule has 2 amide bonds. The van der Waals surface area contributed by atoms with Gasteiger partial charge in [0, 0.05) is 19.0 Å². The van der Waals surface area contributed by atoms with E-state index in [1.807, 2.05) is 17.5 Å². The SMILES string of the molecule is CN(CC(=O)O)C(=O)N(C)Cc1cccs1. The molecule has 0 aliphatic heterocycles. The van der Waals surface area contributed by atoms with Crippen molar-refractivity contribution in [2.75, 3.05) is 20.6 Å². The zero-order valence-electron chi connectivity index (χ0n) is 9.21. The molecule has 0 bridgehead atoms. The first kappa shape index (κ1) is 12.5. The molecule has 1 rings (SSSR count). The number of carboxylic acids is 1. The largest absolute Gasteiger partial charge is 0.480 e. The van der Waals surface area contributed by atoms with E-state index < -0.39 is 5.97 Å². The van der Waals surface area contributed by atoms with Gasteiger partial charge in [-0.15, -0.1) is 11.3 Å². The van der Waals surface area contributed by atoms with Crippen molar-refractivity contribution in [3.05, 3.63) is 22.4 Å². The standard InChI is InChI=1S/C10H14N2O3S/c1-11(6-8-4-3-5-16-8)10(15)12(2)7-9(13)14/h3-5H,6-7H2,1-2H3,(H,13,14). The number of carboxylic acid groups (broad SMARTS) is 1. The molecule has 5 nitrogen and oxygen atoms in total. The van der Waals surface area contributed by atoms with Gasteiger partial charge in [0.15, 0.2) is 0 Å². The van der Waals surface area contributed by atoms with Gasteiger partial charge in [-0.25, -0.2) is 4.79 Å². The van der Waals surface area contributed by atoms with Crippen LogP contribution in [0.4, 0.5) is 4.79 Å². The molecule has 0 saturated heterocycles. The fourth-order valence-electron chi connectivity index (χ4n) is 1.27. The molecule has 0 aromatic carbocycles. The van der Waals surface area contributed by atoms with E-state index in [2.05, 4.69) is 0 Å². The van der Waals surface area contributed by atoms with Gasteiger partial charge in [0.25, 0.3) is 0 Å². The summed E-state index contributed by atoms with van der Waals surface area (Å²) < 4.78 is 0. The number of thiophene rings is 1. The molecule has 0 spiro atoms. The maximum atomic E-state index is 11.7. The molecule has 0 radical (unpaired) electrons. The summed E-state index contributed by atoms with van der Waals surface area (Å²) in [6, 6.07) is 3.56. The highest BCUT2D eigenvalue weighted by Gasteiger charge is 2.16. The average Bonchev–Trinajstić information content (AvgIpc) is 2.68. The average molecular weight is 242 g/mol. The van der Waals surface area contributed by atoms with E-state index >= 15 is 0 Å². The number of rotatable bonds is 4. The molecule has 0 aliphatic rings. The highest BCUT2D eigenvalue weighted by Crippen LogP contribution is 2.11.